The molecule has 160 valence electrons. The van der Waals surface area contributed by atoms with E-state index in [-0.39, 0.29) is 11.5 Å². The van der Waals surface area contributed by atoms with Crippen LogP contribution in [-0.2, 0) is 9.59 Å². The first-order valence-corrected chi connectivity index (χ1v) is 10.1. The number of hydrogen-bond donors (Lipinski definition) is 0. The average Bonchev–Trinajstić information content (AvgIpc) is 3.27. The van der Waals surface area contributed by atoms with Crippen molar-refractivity contribution in [1.29, 1.82) is 0 Å². The van der Waals surface area contributed by atoms with Crippen molar-refractivity contribution < 1.29 is 19.3 Å². The van der Waals surface area contributed by atoms with E-state index < -0.39 is 40.7 Å². The second-order valence-corrected chi connectivity index (χ2v) is 7.99. The third-order valence-corrected chi connectivity index (χ3v) is 6.25. The van der Waals surface area contributed by atoms with Crippen LogP contribution >= 0.6 is 0 Å². The Bertz CT molecular complexity index is 1220. The number of anilines is 1. The zero-order chi connectivity index (χ0) is 22.6. The minimum atomic E-state index is -0.923. The standard InChI is InChI=1S/C23H18N4O5/c1-13-12-15(27(31)32)9-10-16(13)25-22(29)18-17-8-5-11-24-26(17)20(19(18)23(25)30)21(28)14-6-3-2-4-7-14/h2-12,17-20H,1H3/t17-,18+,19+,20+/m1/s1. The topological polar surface area (TPSA) is 113 Å². The highest BCUT2D eigenvalue weighted by Gasteiger charge is 2.64. The van der Waals surface area contributed by atoms with Gasteiger partial charge in [-0.2, -0.15) is 5.10 Å². The summed E-state index contributed by atoms with van der Waals surface area (Å²) >= 11 is 0. The number of ketones is 1. The molecule has 2 saturated heterocycles. The quantitative estimate of drug-likeness (QED) is 0.319. The molecule has 0 N–H and O–H groups in total. The number of non-ortho nitro benzene ring substituents is 1. The van der Waals surface area contributed by atoms with E-state index in [0.717, 1.165) is 4.90 Å². The molecule has 3 heterocycles. The fraction of sp³-hybridized carbons (Fsp3) is 0.217. The van der Waals surface area contributed by atoms with Crippen molar-refractivity contribution >= 4 is 35.2 Å². The van der Waals surface area contributed by atoms with Crippen LogP contribution in [0, 0.1) is 28.9 Å². The van der Waals surface area contributed by atoms with E-state index in [9.17, 15) is 24.5 Å². The Morgan fingerprint density at radius 3 is 2.47 bits per heavy atom. The number of imide groups is 1. The number of allylic oxidation sites excluding steroid dienone is 1. The van der Waals surface area contributed by atoms with Crippen LogP contribution in [0.3, 0.4) is 0 Å². The van der Waals surface area contributed by atoms with Gasteiger partial charge in [-0.05, 0) is 24.6 Å². The summed E-state index contributed by atoms with van der Waals surface area (Å²) in [7, 11) is 0. The van der Waals surface area contributed by atoms with Crippen molar-refractivity contribution in [2.45, 2.75) is 19.0 Å². The second-order valence-electron chi connectivity index (χ2n) is 7.99. The molecular weight excluding hydrogens is 412 g/mol. The van der Waals surface area contributed by atoms with Gasteiger partial charge in [-0.25, -0.2) is 4.90 Å². The molecule has 0 aliphatic carbocycles. The fourth-order valence-electron chi connectivity index (χ4n) is 4.85. The van der Waals surface area contributed by atoms with Gasteiger partial charge in [0.25, 0.3) is 5.69 Å². The molecule has 32 heavy (non-hydrogen) atoms. The number of aryl methyl sites for hydroxylation is 1. The number of nitrogens with zero attached hydrogens (tertiary/aromatic N) is 4. The predicted molar refractivity (Wildman–Crippen MR) is 115 cm³/mol. The molecule has 0 spiro atoms. The molecule has 2 aromatic carbocycles. The first-order valence-electron chi connectivity index (χ1n) is 10.1. The lowest BCUT2D eigenvalue weighted by atomic mass is 9.86. The van der Waals surface area contributed by atoms with Gasteiger partial charge in [0, 0.05) is 23.9 Å². The summed E-state index contributed by atoms with van der Waals surface area (Å²) in [5.74, 6) is -2.89. The summed E-state index contributed by atoms with van der Waals surface area (Å²) in [6, 6.07) is 11.2. The van der Waals surface area contributed by atoms with Crippen molar-refractivity contribution in [2.24, 2.45) is 16.9 Å². The monoisotopic (exact) mass is 430 g/mol. The molecule has 3 aliphatic heterocycles. The Hall–Kier alpha value is -4.14. The molecule has 4 atom stereocenters. The van der Waals surface area contributed by atoms with Gasteiger partial charge in [0.15, 0.2) is 5.78 Å². The second kappa shape index (κ2) is 7.23. The van der Waals surface area contributed by atoms with Crippen molar-refractivity contribution in [3.63, 3.8) is 0 Å². The van der Waals surface area contributed by atoms with Crippen molar-refractivity contribution in [3.05, 3.63) is 81.9 Å². The molecule has 0 radical (unpaired) electrons. The molecule has 3 aliphatic rings. The highest BCUT2D eigenvalue weighted by molar-refractivity contribution is 6.25. The van der Waals surface area contributed by atoms with Gasteiger partial charge in [-0.15, -0.1) is 0 Å². The number of carbonyl (C=O) groups excluding carboxylic acids is 3. The van der Waals surface area contributed by atoms with E-state index in [0.29, 0.717) is 16.8 Å². The molecule has 0 aromatic heterocycles. The SMILES string of the molecule is Cc1cc([N+](=O)[O-])ccc1N1C(=O)[C@@H]2[C@H](C1=O)[C@@H](C(=O)c1ccccc1)N1N=CC=C[C@H]21. The lowest BCUT2D eigenvalue weighted by Crippen LogP contribution is -2.46. The molecule has 9 nitrogen and oxygen atoms in total. The number of nitro groups is 1. The van der Waals surface area contributed by atoms with Crippen molar-refractivity contribution in [2.75, 3.05) is 4.90 Å². The Morgan fingerprint density at radius 1 is 1.06 bits per heavy atom. The highest BCUT2D eigenvalue weighted by atomic mass is 16.6. The third-order valence-electron chi connectivity index (χ3n) is 6.25. The predicted octanol–water partition coefficient (Wildman–Crippen LogP) is 2.50. The van der Waals surface area contributed by atoms with Crippen LogP contribution in [0.2, 0.25) is 0 Å². The van der Waals surface area contributed by atoms with Gasteiger partial charge in [0.2, 0.25) is 11.8 Å². The zero-order valence-corrected chi connectivity index (χ0v) is 17.0. The van der Waals surface area contributed by atoms with E-state index in [1.54, 1.807) is 54.4 Å². The summed E-state index contributed by atoms with van der Waals surface area (Å²) in [4.78, 5) is 52.1. The normalized spacial score (nSPS) is 25.8. The van der Waals surface area contributed by atoms with Crippen LogP contribution in [0.15, 0.2) is 65.8 Å². The lowest BCUT2D eigenvalue weighted by Gasteiger charge is -2.30. The molecule has 0 unspecified atom stereocenters. The fourth-order valence-corrected chi connectivity index (χ4v) is 4.85. The smallest absolute Gasteiger partial charge is 0.269 e. The number of rotatable bonds is 4. The molecule has 0 bridgehead atoms. The number of amides is 2. The number of hydrazone groups is 1. The van der Waals surface area contributed by atoms with Crippen LogP contribution in [0.1, 0.15) is 15.9 Å². The number of hydrogen-bond acceptors (Lipinski definition) is 7. The van der Waals surface area contributed by atoms with Crippen LogP contribution in [-0.4, -0.2) is 45.8 Å². The Kier molecular flexibility index (Phi) is 4.47. The van der Waals surface area contributed by atoms with E-state index in [1.165, 1.54) is 24.4 Å². The first-order chi connectivity index (χ1) is 15.4. The van der Waals surface area contributed by atoms with Crippen LogP contribution in [0.4, 0.5) is 11.4 Å². The van der Waals surface area contributed by atoms with Crippen LogP contribution in [0.5, 0.6) is 0 Å². The zero-order valence-electron chi connectivity index (χ0n) is 17.0. The first kappa shape index (κ1) is 19.8. The van der Waals surface area contributed by atoms with E-state index in [4.69, 9.17) is 0 Å². The van der Waals surface area contributed by atoms with Gasteiger partial charge < -0.3 is 0 Å². The molecular formula is C23H18N4O5. The summed E-state index contributed by atoms with van der Waals surface area (Å²) in [6.45, 7) is 1.61. The molecule has 9 heteroatoms. The number of benzene rings is 2. The van der Waals surface area contributed by atoms with Crippen LogP contribution < -0.4 is 4.90 Å². The summed E-state index contributed by atoms with van der Waals surface area (Å²) in [5, 5.41) is 17.0. The lowest BCUT2D eigenvalue weighted by molar-refractivity contribution is -0.384. The number of Topliss-reactive ketones (excluding diaryl/α,β-unsaturated/α-hetero) is 1. The van der Waals surface area contributed by atoms with E-state index in [2.05, 4.69) is 5.10 Å². The minimum absolute atomic E-state index is 0.126. The maximum absolute atomic E-state index is 13.6. The average molecular weight is 430 g/mol. The van der Waals surface area contributed by atoms with Gasteiger partial charge in [0.1, 0.15) is 6.04 Å². The molecule has 2 amide bonds. The summed E-state index contributed by atoms with van der Waals surface area (Å²) in [6.07, 6.45) is 5.02. The largest absolute Gasteiger partial charge is 0.292 e. The number of fused-ring (bicyclic) bond motifs is 3. The summed E-state index contributed by atoms with van der Waals surface area (Å²) in [5.41, 5.74) is 1.03. The van der Waals surface area contributed by atoms with Gasteiger partial charge in [0.05, 0.1) is 28.5 Å². The highest BCUT2D eigenvalue weighted by Crippen LogP contribution is 2.46. The molecule has 0 saturated carbocycles. The third kappa shape index (κ3) is 2.78. The van der Waals surface area contributed by atoms with E-state index >= 15 is 0 Å². The maximum atomic E-state index is 13.6. The van der Waals surface area contributed by atoms with Gasteiger partial charge in [-0.1, -0.05) is 36.4 Å². The molecule has 5 rings (SSSR count). The van der Waals surface area contributed by atoms with Gasteiger partial charge in [-0.3, -0.25) is 29.5 Å². The maximum Gasteiger partial charge on any atom is 0.269 e. The summed E-state index contributed by atoms with van der Waals surface area (Å²) < 4.78 is 0. The van der Waals surface area contributed by atoms with Gasteiger partial charge >= 0.3 is 0 Å². The Labute approximate surface area is 182 Å². The van der Waals surface area contributed by atoms with E-state index in [1.807, 2.05) is 0 Å². The number of carbonyl (C=O) groups is 3. The Balaban J connectivity index is 1.58. The number of nitro benzene ring substituents is 1. The van der Waals surface area contributed by atoms with Crippen LogP contribution in [0.25, 0.3) is 0 Å². The Morgan fingerprint density at radius 2 is 1.78 bits per heavy atom. The minimum Gasteiger partial charge on any atom is -0.292 e. The van der Waals surface area contributed by atoms with Crippen molar-refractivity contribution in [3.8, 4) is 0 Å². The molecule has 2 fully saturated rings. The van der Waals surface area contributed by atoms with Crippen molar-refractivity contribution in [1.82, 2.24) is 5.01 Å². The molecule has 2 aromatic rings.